The van der Waals surface area contributed by atoms with Gasteiger partial charge in [-0.15, -0.1) is 0 Å². The highest BCUT2D eigenvalue weighted by Crippen LogP contribution is 2.32. The van der Waals surface area contributed by atoms with Crippen LogP contribution in [-0.2, 0) is 5.60 Å². The number of rotatable bonds is 2. The summed E-state index contributed by atoms with van der Waals surface area (Å²) >= 11 is 0. The van der Waals surface area contributed by atoms with Gasteiger partial charge in [0.1, 0.15) is 11.4 Å². The quantitative estimate of drug-likeness (QED) is 0.642. The van der Waals surface area contributed by atoms with E-state index in [1.165, 1.54) is 6.92 Å². The number of carbonyl (C=O) groups excluding carboxylic acids is 1. The van der Waals surface area contributed by atoms with Crippen LogP contribution in [0.1, 0.15) is 47.3 Å². The molecule has 1 aromatic carbocycles. The van der Waals surface area contributed by atoms with E-state index in [1.54, 1.807) is 47.4 Å². The van der Waals surface area contributed by atoms with Gasteiger partial charge in [0, 0.05) is 23.9 Å². The summed E-state index contributed by atoms with van der Waals surface area (Å²) in [4.78, 5) is 19.7. The molecular weight excluding hydrogens is 370 g/mol. The van der Waals surface area contributed by atoms with Crippen LogP contribution < -0.4 is 10.5 Å². The van der Waals surface area contributed by atoms with E-state index >= 15 is 0 Å². The smallest absolute Gasteiger partial charge is 0.269 e. The molecule has 3 heterocycles. The third-order valence-corrected chi connectivity index (χ3v) is 4.62. The van der Waals surface area contributed by atoms with Crippen LogP contribution in [0.15, 0.2) is 42.7 Å². The van der Waals surface area contributed by atoms with Crippen LogP contribution in [0.4, 0.5) is 0 Å². The summed E-state index contributed by atoms with van der Waals surface area (Å²) in [6.45, 7) is 3.97. The largest absolute Gasteiger partial charge is 0.491 e. The van der Waals surface area contributed by atoms with Gasteiger partial charge in [0.2, 0.25) is 0 Å². The Bertz CT molecular complexity index is 1140. The Morgan fingerprint density at radius 3 is 2.83 bits per heavy atom. The van der Waals surface area contributed by atoms with E-state index in [0.717, 1.165) is 5.69 Å². The van der Waals surface area contributed by atoms with E-state index in [0.29, 0.717) is 23.6 Å². The Balaban J connectivity index is 1.76. The summed E-state index contributed by atoms with van der Waals surface area (Å²) in [6.07, 6.45) is 3.10. The van der Waals surface area contributed by atoms with Crippen LogP contribution in [0.5, 0.6) is 5.75 Å². The van der Waals surface area contributed by atoms with Crippen molar-refractivity contribution in [2.45, 2.75) is 25.4 Å². The molecule has 0 saturated carbocycles. The summed E-state index contributed by atoms with van der Waals surface area (Å²) in [5.41, 5.74) is 6.21. The number of carbonyl (C=O) groups is 1. The van der Waals surface area contributed by atoms with Gasteiger partial charge in [0.25, 0.3) is 5.91 Å². The second-order valence-corrected chi connectivity index (χ2v) is 7.02. The third-order valence-electron chi connectivity index (χ3n) is 4.62. The molecule has 0 aliphatic carbocycles. The number of amides is 1. The molecule has 3 aromatic rings. The van der Waals surface area contributed by atoms with Gasteiger partial charge in [-0.1, -0.05) is 18.8 Å². The van der Waals surface area contributed by atoms with Gasteiger partial charge in [-0.2, -0.15) is 5.10 Å². The molecule has 0 bridgehead atoms. The van der Waals surface area contributed by atoms with Crippen molar-refractivity contribution in [3.8, 4) is 23.3 Å². The molecule has 4 rings (SSSR count). The highest BCUT2D eigenvalue weighted by molar-refractivity contribution is 5.91. The Morgan fingerprint density at radius 1 is 1.34 bits per heavy atom. The molecule has 29 heavy (non-hydrogen) atoms. The van der Waals surface area contributed by atoms with E-state index in [-0.39, 0.29) is 17.4 Å². The number of aromatic nitrogens is 4. The second-order valence-electron chi connectivity index (χ2n) is 7.02. The van der Waals surface area contributed by atoms with Crippen molar-refractivity contribution >= 4 is 5.91 Å². The first-order valence-corrected chi connectivity index (χ1v) is 9.05. The highest BCUT2D eigenvalue weighted by atomic mass is 16.5. The molecule has 0 radical (unpaired) electrons. The third kappa shape index (κ3) is 3.56. The van der Waals surface area contributed by atoms with Crippen molar-refractivity contribution in [1.29, 1.82) is 0 Å². The lowest BCUT2D eigenvalue weighted by atomic mass is 10.1. The average Bonchev–Trinajstić information content (AvgIpc) is 3.12. The van der Waals surface area contributed by atoms with E-state index in [9.17, 15) is 9.90 Å². The lowest BCUT2D eigenvalue weighted by molar-refractivity contribution is 0.0995. The molecule has 3 N–H and O–H groups in total. The Hall–Kier alpha value is -3.70. The predicted molar refractivity (Wildman–Crippen MR) is 104 cm³/mol. The molecule has 8 nitrogen and oxygen atoms in total. The Morgan fingerprint density at radius 2 is 2.10 bits per heavy atom. The van der Waals surface area contributed by atoms with Crippen LogP contribution in [0.3, 0.4) is 0 Å². The minimum Gasteiger partial charge on any atom is -0.491 e. The second kappa shape index (κ2) is 7.04. The number of ether oxygens (including phenoxy) is 1. The summed E-state index contributed by atoms with van der Waals surface area (Å²) in [5.74, 6) is 6.04. The number of hydrogen-bond acceptors (Lipinski definition) is 6. The van der Waals surface area contributed by atoms with Crippen LogP contribution in [0.2, 0.25) is 0 Å². The topological polar surface area (TPSA) is 116 Å². The molecule has 1 aliphatic heterocycles. The first kappa shape index (κ1) is 18.7. The average molecular weight is 389 g/mol. The number of benzene rings is 1. The first-order chi connectivity index (χ1) is 13.8. The van der Waals surface area contributed by atoms with Crippen LogP contribution in [-0.4, -0.2) is 37.4 Å². The van der Waals surface area contributed by atoms with Gasteiger partial charge in [0.15, 0.2) is 17.1 Å². The molecule has 146 valence electrons. The van der Waals surface area contributed by atoms with Crippen LogP contribution >= 0.6 is 0 Å². The maximum atomic E-state index is 11.6. The molecule has 1 unspecified atom stereocenters. The first-order valence-electron chi connectivity index (χ1n) is 9.05. The highest BCUT2D eigenvalue weighted by Gasteiger charge is 2.25. The molecule has 2 atom stereocenters. The van der Waals surface area contributed by atoms with Crippen molar-refractivity contribution in [3.63, 3.8) is 0 Å². The summed E-state index contributed by atoms with van der Waals surface area (Å²) in [7, 11) is 0. The maximum absolute atomic E-state index is 11.6. The lowest BCUT2D eigenvalue weighted by Gasteiger charge is -2.13. The molecule has 1 amide bonds. The minimum atomic E-state index is -1.50. The number of aliphatic hydroxyl groups is 1. The molecule has 2 aromatic heterocycles. The molecule has 0 saturated heterocycles. The predicted octanol–water partition coefficient (Wildman–Crippen LogP) is 1.52. The Labute approximate surface area is 167 Å². The van der Waals surface area contributed by atoms with Crippen molar-refractivity contribution < 1.29 is 14.6 Å². The number of nitrogens with zero attached hydrogens (tertiary/aromatic N) is 4. The maximum Gasteiger partial charge on any atom is 0.269 e. The van der Waals surface area contributed by atoms with Gasteiger partial charge in [-0.05, 0) is 37.3 Å². The number of hydrogen-bond donors (Lipinski definition) is 2. The lowest BCUT2D eigenvalue weighted by Crippen LogP contribution is -2.21. The van der Waals surface area contributed by atoms with Gasteiger partial charge in [-0.3, -0.25) is 4.79 Å². The number of nitrogens with two attached hydrogens (primary N) is 1. The minimum absolute atomic E-state index is 0.0218. The van der Waals surface area contributed by atoms with Crippen LogP contribution in [0, 0.1) is 11.8 Å². The van der Waals surface area contributed by atoms with Gasteiger partial charge in [-0.25, -0.2) is 14.6 Å². The standard InChI is InChI=1S/C21H19N5O3/c1-13-12-29-18-5-4-14(6-7-21(2,28)20-23-8-3-9-24-20)10-17(18)26-16(13)11-15(25-26)19(22)27/h3-5,8-11,13,28H,12H2,1-2H3,(H2,22,27)/t13?,21-/m1/s1. The van der Waals surface area contributed by atoms with Gasteiger partial charge >= 0.3 is 0 Å². The molecule has 8 heteroatoms. The van der Waals surface area contributed by atoms with Crippen molar-refractivity contribution in [2.75, 3.05) is 6.61 Å². The molecule has 0 fully saturated rings. The van der Waals surface area contributed by atoms with E-state index in [4.69, 9.17) is 10.5 Å². The van der Waals surface area contributed by atoms with Gasteiger partial charge < -0.3 is 15.6 Å². The fourth-order valence-electron chi connectivity index (χ4n) is 3.04. The monoisotopic (exact) mass is 389 g/mol. The van der Waals surface area contributed by atoms with E-state index in [1.807, 2.05) is 6.92 Å². The fourth-order valence-corrected chi connectivity index (χ4v) is 3.04. The molecule has 1 aliphatic rings. The van der Waals surface area contributed by atoms with Crippen molar-refractivity contribution in [1.82, 2.24) is 19.7 Å². The van der Waals surface area contributed by atoms with Crippen molar-refractivity contribution in [3.05, 3.63) is 65.5 Å². The van der Waals surface area contributed by atoms with Gasteiger partial charge in [0.05, 0.1) is 12.3 Å². The summed E-state index contributed by atoms with van der Waals surface area (Å²) in [5, 5.41) is 14.9. The van der Waals surface area contributed by atoms with E-state index < -0.39 is 11.5 Å². The molecular formula is C21H19N5O3. The zero-order chi connectivity index (χ0) is 20.6. The fraction of sp³-hybridized carbons (Fsp3) is 0.238. The van der Waals surface area contributed by atoms with E-state index in [2.05, 4.69) is 26.9 Å². The zero-order valence-electron chi connectivity index (χ0n) is 16.0. The number of fused-ring (bicyclic) bond motifs is 3. The summed E-state index contributed by atoms with van der Waals surface area (Å²) in [6, 6.07) is 8.73. The van der Waals surface area contributed by atoms with Crippen molar-refractivity contribution in [2.24, 2.45) is 5.73 Å². The molecule has 0 spiro atoms. The SMILES string of the molecule is CC1COc2ccc(C#C[C@@](C)(O)c3ncccn3)cc2-n2nc(C(N)=O)cc21. The Kier molecular flexibility index (Phi) is 4.53. The zero-order valence-corrected chi connectivity index (χ0v) is 16.0. The summed E-state index contributed by atoms with van der Waals surface area (Å²) < 4.78 is 7.54. The van der Waals surface area contributed by atoms with Crippen LogP contribution in [0.25, 0.3) is 5.69 Å². The number of primary amides is 1. The normalized spacial score (nSPS) is 16.9.